The van der Waals surface area contributed by atoms with E-state index in [0.717, 1.165) is 0 Å². The third kappa shape index (κ3) is 4.23. The molecule has 3 N–H and O–H groups in total. The Morgan fingerprint density at radius 3 is 2.16 bits per heavy atom. The summed E-state index contributed by atoms with van der Waals surface area (Å²) in [5.74, 6) is -1.85. The molecule has 3 aromatic carbocycles. The van der Waals surface area contributed by atoms with E-state index in [0.29, 0.717) is 27.7 Å². The molecule has 0 bridgehead atoms. The van der Waals surface area contributed by atoms with Crippen molar-refractivity contribution < 1.29 is 19.8 Å². The number of amides is 1. The van der Waals surface area contributed by atoms with E-state index in [2.05, 4.69) is 10.3 Å². The summed E-state index contributed by atoms with van der Waals surface area (Å²) < 4.78 is 0. The van der Waals surface area contributed by atoms with Gasteiger partial charge in [-0.1, -0.05) is 78.9 Å². The van der Waals surface area contributed by atoms with E-state index in [1.54, 1.807) is 60.7 Å². The lowest BCUT2D eigenvalue weighted by atomic mass is 10.00. The molecule has 0 radical (unpaired) electrons. The summed E-state index contributed by atoms with van der Waals surface area (Å²) in [6, 6.07) is 24.3. The summed E-state index contributed by atoms with van der Waals surface area (Å²) in [5, 5.41) is 23.6. The Hall–Kier alpha value is -4.19. The van der Waals surface area contributed by atoms with Crippen LogP contribution in [-0.2, 0) is 4.79 Å². The second kappa shape index (κ2) is 8.67. The first kappa shape index (κ1) is 20.1. The molecule has 1 amide bonds. The number of hydrogen-bond acceptors (Lipinski definition) is 4. The van der Waals surface area contributed by atoms with E-state index in [1.165, 1.54) is 0 Å². The Morgan fingerprint density at radius 2 is 1.48 bits per heavy atom. The van der Waals surface area contributed by atoms with Gasteiger partial charge in [0, 0.05) is 10.9 Å². The molecule has 0 aliphatic rings. The molecule has 1 aromatic heterocycles. The number of nitrogens with zero attached hydrogens (tertiary/aromatic N) is 1. The van der Waals surface area contributed by atoms with Crippen LogP contribution in [0.15, 0.2) is 84.9 Å². The number of carbonyl (C=O) groups excluding carboxylic acids is 1. The molecule has 1 atom stereocenters. The maximum atomic E-state index is 13.3. The number of carboxylic acids is 1. The van der Waals surface area contributed by atoms with Crippen LogP contribution in [0.1, 0.15) is 28.4 Å². The molecule has 0 saturated carbocycles. The van der Waals surface area contributed by atoms with Crippen LogP contribution in [0.3, 0.4) is 0 Å². The molecule has 6 heteroatoms. The number of carbonyl (C=O) groups is 2. The molecule has 6 nitrogen and oxygen atoms in total. The molecule has 0 saturated heterocycles. The van der Waals surface area contributed by atoms with Gasteiger partial charge in [0.1, 0.15) is 5.69 Å². The summed E-state index contributed by atoms with van der Waals surface area (Å²) in [6.07, 6.45) is -0.287. The molecular weight excluding hydrogens is 392 g/mol. The molecule has 0 aliphatic heterocycles. The van der Waals surface area contributed by atoms with E-state index in [1.807, 2.05) is 24.3 Å². The van der Waals surface area contributed by atoms with E-state index < -0.39 is 17.9 Å². The average Bonchev–Trinajstić information content (AvgIpc) is 2.79. The number of rotatable bonds is 6. The number of carboxylic acid groups (broad SMARTS) is 1. The molecule has 0 spiro atoms. The highest BCUT2D eigenvalue weighted by atomic mass is 16.4. The van der Waals surface area contributed by atoms with Gasteiger partial charge in [-0.05, 0) is 11.6 Å². The van der Waals surface area contributed by atoms with Gasteiger partial charge in [0.2, 0.25) is 0 Å². The van der Waals surface area contributed by atoms with Crippen LogP contribution in [0.4, 0.5) is 0 Å². The predicted molar refractivity (Wildman–Crippen MR) is 118 cm³/mol. The van der Waals surface area contributed by atoms with Gasteiger partial charge in [-0.3, -0.25) is 9.59 Å². The number of aliphatic carboxylic acids is 1. The van der Waals surface area contributed by atoms with Crippen molar-refractivity contribution in [2.75, 3.05) is 0 Å². The third-order valence-corrected chi connectivity index (χ3v) is 5.03. The first-order valence-electron chi connectivity index (χ1n) is 9.79. The van der Waals surface area contributed by atoms with Gasteiger partial charge >= 0.3 is 5.97 Å². The van der Waals surface area contributed by atoms with Gasteiger partial charge in [-0.25, -0.2) is 4.98 Å². The topological polar surface area (TPSA) is 99.5 Å². The van der Waals surface area contributed by atoms with Gasteiger partial charge in [-0.2, -0.15) is 0 Å². The summed E-state index contributed by atoms with van der Waals surface area (Å²) >= 11 is 0. The second-order valence-corrected chi connectivity index (χ2v) is 7.10. The van der Waals surface area contributed by atoms with Crippen LogP contribution in [0, 0.1) is 0 Å². The maximum Gasteiger partial charge on any atom is 0.305 e. The number of aromatic nitrogens is 1. The molecule has 1 heterocycles. The van der Waals surface area contributed by atoms with Gasteiger partial charge in [0.05, 0.1) is 23.5 Å². The molecule has 0 aliphatic carbocycles. The van der Waals surface area contributed by atoms with Crippen molar-refractivity contribution in [3.05, 3.63) is 96.1 Å². The fourth-order valence-electron chi connectivity index (χ4n) is 3.57. The Balaban J connectivity index is 1.81. The smallest absolute Gasteiger partial charge is 0.305 e. The fourth-order valence-corrected chi connectivity index (χ4v) is 3.57. The highest BCUT2D eigenvalue weighted by molar-refractivity contribution is 6.10. The number of benzene rings is 3. The minimum atomic E-state index is -1.04. The van der Waals surface area contributed by atoms with Crippen LogP contribution >= 0.6 is 0 Å². The Bertz CT molecular complexity index is 1240. The maximum absolute atomic E-state index is 13.3. The van der Waals surface area contributed by atoms with Crippen molar-refractivity contribution in [2.24, 2.45) is 0 Å². The van der Waals surface area contributed by atoms with E-state index in [9.17, 15) is 19.8 Å². The zero-order valence-electron chi connectivity index (χ0n) is 16.5. The van der Waals surface area contributed by atoms with Crippen LogP contribution in [0.5, 0.6) is 5.75 Å². The fraction of sp³-hybridized carbons (Fsp3) is 0.0800. The molecule has 4 aromatic rings. The van der Waals surface area contributed by atoms with E-state index >= 15 is 0 Å². The van der Waals surface area contributed by atoms with Crippen molar-refractivity contribution in [2.45, 2.75) is 12.5 Å². The van der Waals surface area contributed by atoms with Gasteiger partial charge in [-0.15, -0.1) is 0 Å². The first-order chi connectivity index (χ1) is 15.0. The molecular formula is C25H20N2O4. The number of fused-ring (bicyclic) bond motifs is 1. The van der Waals surface area contributed by atoms with Crippen LogP contribution < -0.4 is 5.32 Å². The number of nitrogens with one attached hydrogen (secondary N) is 1. The van der Waals surface area contributed by atoms with Crippen LogP contribution in [-0.4, -0.2) is 27.1 Å². The lowest BCUT2D eigenvalue weighted by Gasteiger charge is -2.19. The summed E-state index contributed by atoms with van der Waals surface area (Å²) in [6.45, 7) is 0. The Kier molecular flexibility index (Phi) is 5.62. The third-order valence-electron chi connectivity index (χ3n) is 5.03. The predicted octanol–water partition coefficient (Wildman–Crippen LogP) is 4.55. The van der Waals surface area contributed by atoms with E-state index in [4.69, 9.17) is 0 Å². The normalized spacial score (nSPS) is 11.7. The monoisotopic (exact) mass is 412 g/mol. The van der Waals surface area contributed by atoms with Gasteiger partial charge in [0.15, 0.2) is 5.75 Å². The minimum Gasteiger partial charge on any atom is -0.505 e. The number of aromatic hydroxyl groups is 1. The largest absolute Gasteiger partial charge is 0.505 e. The summed E-state index contributed by atoms with van der Waals surface area (Å²) in [5.41, 5.74) is 2.25. The Labute approximate surface area is 178 Å². The van der Waals surface area contributed by atoms with Gasteiger partial charge < -0.3 is 15.5 Å². The van der Waals surface area contributed by atoms with Crippen molar-refractivity contribution in [1.29, 1.82) is 0 Å². The van der Waals surface area contributed by atoms with Crippen molar-refractivity contribution in [3.8, 4) is 17.0 Å². The highest BCUT2D eigenvalue weighted by Gasteiger charge is 2.25. The van der Waals surface area contributed by atoms with Crippen molar-refractivity contribution >= 4 is 22.8 Å². The van der Waals surface area contributed by atoms with E-state index in [-0.39, 0.29) is 17.7 Å². The van der Waals surface area contributed by atoms with Crippen molar-refractivity contribution in [1.82, 2.24) is 10.3 Å². The molecule has 31 heavy (non-hydrogen) atoms. The lowest BCUT2D eigenvalue weighted by molar-refractivity contribution is -0.137. The van der Waals surface area contributed by atoms with Crippen molar-refractivity contribution in [3.63, 3.8) is 0 Å². The first-order valence-corrected chi connectivity index (χ1v) is 9.79. The lowest BCUT2D eigenvalue weighted by Crippen LogP contribution is -2.30. The summed E-state index contributed by atoms with van der Waals surface area (Å²) in [4.78, 5) is 29.3. The minimum absolute atomic E-state index is 0.0655. The highest BCUT2D eigenvalue weighted by Crippen LogP contribution is 2.35. The zero-order chi connectivity index (χ0) is 21.8. The number of hydrogen-bond donors (Lipinski definition) is 3. The Morgan fingerprint density at radius 1 is 0.871 bits per heavy atom. The number of para-hydroxylation sites is 1. The van der Waals surface area contributed by atoms with Crippen LogP contribution in [0.25, 0.3) is 22.2 Å². The number of pyridine rings is 1. The van der Waals surface area contributed by atoms with Crippen LogP contribution in [0.2, 0.25) is 0 Å². The average molecular weight is 412 g/mol. The van der Waals surface area contributed by atoms with Gasteiger partial charge in [0.25, 0.3) is 5.91 Å². The second-order valence-electron chi connectivity index (χ2n) is 7.10. The molecule has 0 unspecified atom stereocenters. The quantitative estimate of drug-likeness (QED) is 0.431. The standard InChI is InChI=1S/C25H20N2O4/c28-21(29)15-20(16-9-3-1-4-10-16)27-25(31)22-18-13-7-8-14-19(18)26-23(24(22)30)17-11-5-2-6-12-17/h1-14,20,30H,15H2,(H,27,31)(H,28,29)/t20-/m0/s1. The molecule has 154 valence electrons. The zero-order valence-corrected chi connectivity index (χ0v) is 16.5. The summed E-state index contributed by atoms with van der Waals surface area (Å²) in [7, 11) is 0. The SMILES string of the molecule is O=C(O)C[C@H](NC(=O)c1c(O)c(-c2ccccc2)nc2ccccc12)c1ccccc1. The molecule has 4 rings (SSSR count). The molecule has 0 fully saturated rings.